The molecule has 1 heterocycles. The molecule has 7 heteroatoms. The predicted molar refractivity (Wildman–Crippen MR) is 71.6 cm³/mol. The Balaban J connectivity index is 1.91. The number of aliphatic hydroxyl groups is 1. The van der Waals surface area contributed by atoms with Gasteiger partial charge in [0.1, 0.15) is 10.6 Å². The number of thiophene rings is 1. The lowest BCUT2D eigenvalue weighted by Crippen LogP contribution is -2.47. The highest BCUT2D eigenvalue weighted by atomic mass is 32.1. The van der Waals surface area contributed by atoms with Crippen molar-refractivity contribution >= 4 is 17.2 Å². The Morgan fingerprint density at radius 2 is 2.10 bits per heavy atom. The molecule has 1 amide bonds. The van der Waals surface area contributed by atoms with Gasteiger partial charge in [-0.25, -0.2) is 8.78 Å². The van der Waals surface area contributed by atoms with E-state index in [1.165, 1.54) is 18.4 Å². The van der Waals surface area contributed by atoms with Gasteiger partial charge >= 0.3 is 0 Å². The van der Waals surface area contributed by atoms with E-state index in [0.29, 0.717) is 10.6 Å². The van der Waals surface area contributed by atoms with Gasteiger partial charge in [0.05, 0.1) is 12.7 Å². The molecule has 0 aliphatic heterocycles. The van der Waals surface area contributed by atoms with E-state index < -0.39 is 11.5 Å². The van der Waals surface area contributed by atoms with E-state index in [-0.39, 0.29) is 38.1 Å². The number of rotatable bonds is 4. The van der Waals surface area contributed by atoms with Crippen LogP contribution in [0.25, 0.3) is 0 Å². The van der Waals surface area contributed by atoms with Crippen molar-refractivity contribution in [3.05, 3.63) is 16.3 Å². The minimum Gasteiger partial charge on any atom is -0.495 e. The van der Waals surface area contributed by atoms with Crippen molar-refractivity contribution in [3.8, 4) is 5.75 Å². The van der Waals surface area contributed by atoms with Gasteiger partial charge in [0.25, 0.3) is 5.91 Å². The SMILES string of the molecule is COc1ccsc1C(=O)NCC1(O)CCC(F)(F)CC1. The Hall–Kier alpha value is -1.21. The molecule has 0 radical (unpaired) electrons. The fourth-order valence-electron chi connectivity index (χ4n) is 2.21. The van der Waals surface area contributed by atoms with Crippen LogP contribution in [-0.4, -0.2) is 36.2 Å². The Morgan fingerprint density at radius 3 is 2.70 bits per heavy atom. The molecule has 1 aromatic rings. The smallest absolute Gasteiger partial charge is 0.265 e. The van der Waals surface area contributed by atoms with E-state index in [1.54, 1.807) is 11.4 Å². The van der Waals surface area contributed by atoms with E-state index in [2.05, 4.69) is 5.32 Å². The molecular weight excluding hydrogens is 288 g/mol. The molecule has 0 bridgehead atoms. The quantitative estimate of drug-likeness (QED) is 0.898. The molecular formula is C13H17F2NO3S. The van der Waals surface area contributed by atoms with Crippen molar-refractivity contribution in [1.82, 2.24) is 5.32 Å². The van der Waals surface area contributed by atoms with Crippen LogP contribution in [0.3, 0.4) is 0 Å². The summed E-state index contributed by atoms with van der Waals surface area (Å²) < 4.78 is 31.1. The Kier molecular flexibility index (Phi) is 4.29. The van der Waals surface area contributed by atoms with E-state index in [9.17, 15) is 18.7 Å². The van der Waals surface area contributed by atoms with Gasteiger partial charge < -0.3 is 15.2 Å². The second kappa shape index (κ2) is 5.65. The first-order valence-electron chi connectivity index (χ1n) is 6.35. The number of amides is 1. The van der Waals surface area contributed by atoms with Crippen molar-refractivity contribution in [1.29, 1.82) is 0 Å². The molecule has 1 saturated carbocycles. The third-order valence-corrected chi connectivity index (χ3v) is 4.44. The Morgan fingerprint density at radius 1 is 1.45 bits per heavy atom. The number of carbonyl (C=O) groups is 1. The molecule has 0 atom stereocenters. The lowest BCUT2D eigenvalue weighted by Gasteiger charge is -2.35. The second-order valence-corrected chi connectivity index (χ2v) is 6.00. The van der Waals surface area contributed by atoms with Gasteiger partial charge in [-0.1, -0.05) is 0 Å². The number of halogens is 2. The van der Waals surface area contributed by atoms with E-state index >= 15 is 0 Å². The Labute approximate surface area is 119 Å². The molecule has 20 heavy (non-hydrogen) atoms. The number of ether oxygens (including phenoxy) is 1. The minimum atomic E-state index is -2.70. The monoisotopic (exact) mass is 305 g/mol. The largest absolute Gasteiger partial charge is 0.495 e. The number of hydrogen-bond donors (Lipinski definition) is 2. The van der Waals surface area contributed by atoms with Gasteiger partial charge in [-0.2, -0.15) is 0 Å². The van der Waals surface area contributed by atoms with Crippen LogP contribution in [0.15, 0.2) is 11.4 Å². The van der Waals surface area contributed by atoms with Crippen LogP contribution in [0.5, 0.6) is 5.75 Å². The van der Waals surface area contributed by atoms with Crippen molar-refractivity contribution < 1.29 is 23.4 Å². The summed E-state index contributed by atoms with van der Waals surface area (Å²) in [7, 11) is 1.47. The molecule has 112 valence electrons. The van der Waals surface area contributed by atoms with Crippen molar-refractivity contribution in [3.63, 3.8) is 0 Å². The topological polar surface area (TPSA) is 58.6 Å². The fourth-order valence-corrected chi connectivity index (χ4v) is 2.98. The molecule has 1 aromatic heterocycles. The molecule has 1 aliphatic rings. The number of hydrogen-bond acceptors (Lipinski definition) is 4. The van der Waals surface area contributed by atoms with Gasteiger partial charge in [0.15, 0.2) is 0 Å². The van der Waals surface area contributed by atoms with Crippen LogP contribution in [0, 0.1) is 0 Å². The summed E-state index contributed by atoms with van der Waals surface area (Å²) in [5.41, 5.74) is -1.25. The van der Waals surface area contributed by atoms with Crippen LogP contribution >= 0.6 is 11.3 Å². The minimum absolute atomic E-state index is 0.0120. The highest BCUT2D eigenvalue weighted by Crippen LogP contribution is 2.38. The molecule has 0 spiro atoms. The fraction of sp³-hybridized carbons (Fsp3) is 0.615. The first-order chi connectivity index (χ1) is 9.35. The maximum atomic E-state index is 13.1. The zero-order valence-electron chi connectivity index (χ0n) is 11.1. The van der Waals surface area contributed by atoms with Crippen molar-refractivity contribution in [2.45, 2.75) is 37.2 Å². The zero-order valence-corrected chi connectivity index (χ0v) is 11.9. The molecule has 0 unspecified atom stereocenters. The number of carbonyl (C=O) groups excluding carboxylic acids is 1. The maximum absolute atomic E-state index is 13.1. The molecule has 1 aliphatic carbocycles. The lowest BCUT2D eigenvalue weighted by molar-refractivity contribution is -0.101. The van der Waals surface area contributed by atoms with Gasteiger partial charge in [0.2, 0.25) is 5.92 Å². The lowest BCUT2D eigenvalue weighted by atomic mass is 9.83. The molecule has 0 saturated heterocycles. The third-order valence-electron chi connectivity index (χ3n) is 3.55. The van der Waals surface area contributed by atoms with E-state index in [0.717, 1.165) is 0 Å². The molecule has 2 N–H and O–H groups in total. The molecule has 0 aromatic carbocycles. The van der Waals surface area contributed by atoms with Gasteiger partial charge in [0, 0.05) is 19.4 Å². The summed E-state index contributed by atoms with van der Waals surface area (Å²) in [6, 6.07) is 1.68. The van der Waals surface area contributed by atoms with Gasteiger partial charge in [-0.3, -0.25) is 4.79 Å². The average molecular weight is 305 g/mol. The van der Waals surface area contributed by atoms with Gasteiger partial charge in [-0.15, -0.1) is 11.3 Å². The standard InChI is InChI=1S/C13H17F2NO3S/c1-19-9-2-7-20-10(9)11(17)16-8-12(18)3-5-13(14,15)6-4-12/h2,7,18H,3-6,8H2,1H3,(H,16,17). The van der Waals surface area contributed by atoms with Crippen molar-refractivity contribution in [2.24, 2.45) is 0 Å². The first kappa shape index (κ1) is 15.2. The van der Waals surface area contributed by atoms with Crippen LogP contribution < -0.4 is 10.1 Å². The number of nitrogens with one attached hydrogen (secondary N) is 1. The predicted octanol–water partition coefficient (Wildman–Crippen LogP) is 2.43. The summed E-state index contributed by atoms with van der Waals surface area (Å²) >= 11 is 1.23. The first-order valence-corrected chi connectivity index (χ1v) is 7.23. The van der Waals surface area contributed by atoms with Gasteiger partial charge in [-0.05, 0) is 24.3 Å². The molecule has 1 fully saturated rings. The number of methoxy groups -OCH3 is 1. The highest BCUT2D eigenvalue weighted by Gasteiger charge is 2.42. The summed E-state index contributed by atoms with van der Waals surface area (Å²) in [5, 5.41) is 14.5. The Bertz CT molecular complexity index is 480. The normalized spacial score (nSPS) is 20.4. The zero-order chi connectivity index (χ0) is 14.8. The third kappa shape index (κ3) is 3.46. The maximum Gasteiger partial charge on any atom is 0.265 e. The molecule has 4 nitrogen and oxygen atoms in total. The van der Waals surface area contributed by atoms with E-state index in [4.69, 9.17) is 4.74 Å². The summed E-state index contributed by atoms with van der Waals surface area (Å²) in [5.74, 6) is -2.59. The van der Waals surface area contributed by atoms with Crippen LogP contribution in [0.2, 0.25) is 0 Å². The van der Waals surface area contributed by atoms with Crippen LogP contribution in [0.1, 0.15) is 35.4 Å². The van der Waals surface area contributed by atoms with Crippen LogP contribution in [0.4, 0.5) is 8.78 Å². The van der Waals surface area contributed by atoms with Crippen LogP contribution in [-0.2, 0) is 0 Å². The highest BCUT2D eigenvalue weighted by molar-refractivity contribution is 7.12. The average Bonchev–Trinajstić information content (AvgIpc) is 2.89. The van der Waals surface area contributed by atoms with E-state index in [1.807, 2.05) is 0 Å². The summed E-state index contributed by atoms with van der Waals surface area (Å²) in [6.45, 7) is -0.0248. The summed E-state index contributed by atoms with van der Waals surface area (Å²) in [6.07, 6.45) is -0.715. The summed E-state index contributed by atoms with van der Waals surface area (Å²) in [4.78, 5) is 12.4. The van der Waals surface area contributed by atoms with Crippen molar-refractivity contribution in [2.75, 3.05) is 13.7 Å². The second-order valence-electron chi connectivity index (χ2n) is 5.08. The molecule has 2 rings (SSSR count). The number of alkyl halides is 2.